The van der Waals surface area contributed by atoms with E-state index < -0.39 is 11.9 Å². The maximum atomic E-state index is 11.7. The number of amides is 1. The molecule has 0 unspecified atom stereocenters. The number of rotatable bonds is 5. The van der Waals surface area contributed by atoms with Gasteiger partial charge in [-0.3, -0.25) is 4.79 Å². The summed E-state index contributed by atoms with van der Waals surface area (Å²) in [6, 6.07) is 3.83. The van der Waals surface area contributed by atoms with Crippen LogP contribution in [0.3, 0.4) is 0 Å². The second-order valence-electron chi connectivity index (χ2n) is 3.57. The molecule has 0 saturated heterocycles. The minimum atomic E-state index is -0.625. The van der Waals surface area contributed by atoms with Crippen molar-refractivity contribution in [2.45, 2.75) is 0 Å². The number of carbonyl (C=O) groups excluding carboxylic acids is 2. The number of nitrogens with one attached hydrogen (secondary N) is 1. The highest BCUT2D eigenvalue weighted by molar-refractivity contribution is 7.20. The van der Waals surface area contributed by atoms with E-state index in [4.69, 9.17) is 11.2 Å². The lowest BCUT2D eigenvalue weighted by Crippen LogP contribution is -2.29. The summed E-state index contributed by atoms with van der Waals surface area (Å²) < 4.78 is 4.85. The Hall–Kier alpha value is -2.17. The van der Waals surface area contributed by atoms with Crippen LogP contribution in [0.1, 0.15) is 10.5 Å². The van der Waals surface area contributed by atoms with Gasteiger partial charge in [0.15, 0.2) is 12.3 Å². The van der Waals surface area contributed by atoms with E-state index in [9.17, 15) is 9.59 Å². The predicted octanol–water partition coefficient (Wildman–Crippen LogP) is 1.78. The topological polar surface area (TPSA) is 68.3 Å². The van der Waals surface area contributed by atoms with E-state index in [1.165, 1.54) is 11.3 Å². The summed E-state index contributed by atoms with van der Waals surface area (Å²) in [5.74, 6) is 1.19. The molecule has 0 aromatic carbocycles. The zero-order valence-electron chi connectivity index (χ0n) is 10.3. The van der Waals surface area contributed by atoms with Gasteiger partial charge < -0.3 is 10.1 Å². The van der Waals surface area contributed by atoms with Gasteiger partial charge in [0.05, 0.1) is 11.4 Å². The van der Waals surface area contributed by atoms with Gasteiger partial charge in [-0.1, -0.05) is 12.0 Å². The zero-order chi connectivity index (χ0) is 14.4. The van der Waals surface area contributed by atoms with Crippen LogP contribution in [0.2, 0.25) is 0 Å². The highest BCUT2D eigenvalue weighted by atomic mass is 32.1. The maximum Gasteiger partial charge on any atom is 0.358 e. The number of thiophene rings is 1. The van der Waals surface area contributed by atoms with Crippen LogP contribution in [0, 0.1) is 12.3 Å². The standard InChI is InChI=1S/C13H10N2O3S2/c1-2-5-14-11(16)7-18-13(17)9-8-20-12(15-9)10-4-3-6-19-10/h1,3-4,6,8H,5,7H2,(H,14,16). The van der Waals surface area contributed by atoms with E-state index >= 15 is 0 Å². The SMILES string of the molecule is C#CCNC(=O)COC(=O)c1csc(-c2cccs2)n1. The van der Waals surface area contributed by atoms with E-state index in [2.05, 4.69) is 16.2 Å². The van der Waals surface area contributed by atoms with E-state index in [1.54, 1.807) is 16.7 Å². The fourth-order valence-corrected chi connectivity index (χ4v) is 2.89. The minimum Gasteiger partial charge on any atom is -0.451 e. The monoisotopic (exact) mass is 306 g/mol. The number of carbonyl (C=O) groups is 2. The van der Waals surface area contributed by atoms with E-state index in [0.29, 0.717) is 0 Å². The molecular formula is C13H10N2O3S2. The summed E-state index contributed by atoms with van der Waals surface area (Å²) in [5, 5.41) is 6.69. The van der Waals surface area contributed by atoms with Gasteiger partial charge in [-0.15, -0.1) is 29.1 Å². The first kappa shape index (κ1) is 14.2. The van der Waals surface area contributed by atoms with Gasteiger partial charge in [0.2, 0.25) is 0 Å². The van der Waals surface area contributed by atoms with Crippen LogP contribution >= 0.6 is 22.7 Å². The van der Waals surface area contributed by atoms with Crippen molar-refractivity contribution >= 4 is 34.6 Å². The van der Waals surface area contributed by atoms with Crippen LogP contribution in [0.25, 0.3) is 9.88 Å². The molecule has 0 spiro atoms. The first-order valence-corrected chi connectivity index (χ1v) is 7.33. The van der Waals surface area contributed by atoms with E-state index in [1.807, 2.05) is 17.5 Å². The van der Waals surface area contributed by atoms with Crippen molar-refractivity contribution in [1.82, 2.24) is 10.3 Å². The average molecular weight is 306 g/mol. The molecule has 20 heavy (non-hydrogen) atoms. The molecule has 0 aliphatic heterocycles. The molecule has 7 heteroatoms. The lowest BCUT2D eigenvalue weighted by molar-refractivity contribution is -0.123. The summed E-state index contributed by atoms with van der Waals surface area (Å²) in [7, 11) is 0. The summed E-state index contributed by atoms with van der Waals surface area (Å²) in [6.07, 6.45) is 4.99. The maximum absolute atomic E-state index is 11.7. The molecule has 1 amide bonds. The average Bonchev–Trinajstić information content (AvgIpc) is 3.11. The van der Waals surface area contributed by atoms with Crippen molar-refractivity contribution in [3.8, 4) is 22.2 Å². The Morgan fingerprint density at radius 1 is 1.45 bits per heavy atom. The molecule has 0 radical (unpaired) electrons. The summed E-state index contributed by atoms with van der Waals surface area (Å²) in [6.45, 7) is -0.262. The van der Waals surface area contributed by atoms with Crippen LogP contribution in [-0.2, 0) is 9.53 Å². The minimum absolute atomic E-state index is 0.107. The van der Waals surface area contributed by atoms with Gasteiger partial charge in [-0.2, -0.15) is 0 Å². The molecule has 0 saturated carbocycles. The van der Waals surface area contributed by atoms with Crippen molar-refractivity contribution in [3.05, 3.63) is 28.6 Å². The molecule has 1 N–H and O–H groups in total. The number of terminal acetylenes is 1. The molecule has 2 heterocycles. The number of esters is 1. The highest BCUT2D eigenvalue weighted by Crippen LogP contribution is 2.27. The van der Waals surface area contributed by atoms with Gasteiger partial charge in [-0.25, -0.2) is 9.78 Å². The second kappa shape index (κ2) is 6.84. The molecule has 0 fully saturated rings. The Morgan fingerprint density at radius 3 is 3.00 bits per heavy atom. The van der Waals surface area contributed by atoms with Crippen molar-refractivity contribution < 1.29 is 14.3 Å². The lowest BCUT2D eigenvalue weighted by Gasteiger charge is -2.02. The third kappa shape index (κ3) is 3.66. The van der Waals surface area contributed by atoms with Gasteiger partial charge >= 0.3 is 5.97 Å². The van der Waals surface area contributed by atoms with Crippen molar-refractivity contribution in [2.24, 2.45) is 0 Å². The smallest absolute Gasteiger partial charge is 0.358 e. The van der Waals surface area contributed by atoms with Crippen molar-refractivity contribution in [1.29, 1.82) is 0 Å². The molecule has 102 valence electrons. The highest BCUT2D eigenvalue weighted by Gasteiger charge is 2.14. The summed E-state index contributed by atoms with van der Waals surface area (Å²) in [4.78, 5) is 28.1. The van der Waals surface area contributed by atoms with Crippen LogP contribution in [-0.4, -0.2) is 30.0 Å². The van der Waals surface area contributed by atoms with Gasteiger partial charge in [0, 0.05) is 5.38 Å². The molecule has 0 bridgehead atoms. The lowest BCUT2D eigenvalue weighted by atomic mass is 10.4. The largest absolute Gasteiger partial charge is 0.451 e. The number of hydrogen-bond acceptors (Lipinski definition) is 6. The van der Waals surface area contributed by atoms with Gasteiger partial charge in [0.25, 0.3) is 5.91 Å². The third-order valence-electron chi connectivity index (χ3n) is 2.17. The molecule has 0 aliphatic rings. The molecule has 2 rings (SSSR count). The van der Waals surface area contributed by atoms with Crippen LogP contribution in [0.4, 0.5) is 0 Å². The molecule has 0 aliphatic carbocycles. The van der Waals surface area contributed by atoms with Gasteiger partial charge in [0.1, 0.15) is 5.01 Å². The molecule has 0 atom stereocenters. The Morgan fingerprint density at radius 2 is 2.30 bits per heavy atom. The van der Waals surface area contributed by atoms with Crippen LogP contribution in [0.15, 0.2) is 22.9 Å². The molecular weight excluding hydrogens is 296 g/mol. The second-order valence-corrected chi connectivity index (χ2v) is 5.38. The Balaban J connectivity index is 1.90. The number of nitrogens with zero attached hydrogens (tertiary/aromatic N) is 1. The predicted molar refractivity (Wildman–Crippen MR) is 77.6 cm³/mol. The number of aromatic nitrogens is 1. The van der Waals surface area contributed by atoms with Crippen LogP contribution in [0.5, 0.6) is 0 Å². The Bertz CT molecular complexity index is 641. The van der Waals surface area contributed by atoms with E-state index in [-0.39, 0.29) is 18.8 Å². The zero-order valence-corrected chi connectivity index (χ0v) is 11.9. The van der Waals surface area contributed by atoms with Gasteiger partial charge in [-0.05, 0) is 11.4 Å². The van der Waals surface area contributed by atoms with Crippen molar-refractivity contribution in [3.63, 3.8) is 0 Å². The molecule has 2 aromatic heterocycles. The van der Waals surface area contributed by atoms with Crippen molar-refractivity contribution in [2.75, 3.05) is 13.2 Å². The number of thiazole rings is 1. The van der Waals surface area contributed by atoms with E-state index in [0.717, 1.165) is 9.88 Å². The Kier molecular flexibility index (Phi) is 4.87. The number of hydrogen-bond donors (Lipinski definition) is 1. The number of ether oxygens (including phenoxy) is 1. The first-order chi connectivity index (χ1) is 9.70. The quantitative estimate of drug-likeness (QED) is 0.675. The summed E-state index contributed by atoms with van der Waals surface area (Å²) in [5.41, 5.74) is 0.197. The van der Waals surface area contributed by atoms with Crippen LogP contribution < -0.4 is 5.32 Å². The first-order valence-electron chi connectivity index (χ1n) is 5.57. The fraction of sp³-hybridized carbons (Fsp3) is 0.154. The normalized spacial score (nSPS) is 9.75. The molecule has 5 nitrogen and oxygen atoms in total. The fourth-order valence-electron chi connectivity index (χ4n) is 1.29. The molecule has 2 aromatic rings. The Labute approximate surface area is 123 Å². The third-order valence-corrected chi connectivity index (χ3v) is 4.05. The summed E-state index contributed by atoms with van der Waals surface area (Å²) >= 11 is 2.90.